The van der Waals surface area contributed by atoms with Crippen LogP contribution in [0.4, 0.5) is 0 Å². The first-order valence-corrected chi connectivity index (χ1v) is 11.5. The molecule has 0 aliphatic heterocycles. The maximum absolute atomic E-state index is 12.1. The molecule has 0 radical (unpaired) electrons. The largest absolute Gasteiger partial charge is 0.481 e. The Morgan fingerprint density at radius 3 is 2.07 bits per heavy atom. The predicted molar refractivity (Wildman–Crippen MR) is 110 cm³/mol. The molecule has 0 aromatic heterocycles. The lowest BCUT2D eigenvalue weighted by atomic mass is 9.98. The first kappa shape index (κ1) is 24.0. The molecule has 0 aromatic carbocycles. The molecule has 1 aliphatic carbocycles. The summed E-state index contributed by atoms with van der Waals surface area (Å²) < 4.78 is 5.55. The zero-order valence-electron chi connectivity index (χ0n) is 17.7. The smallest absolute Gasteiger partial charge is 0.309 e. The van der Waals surface area contributed by atoms with Gasteiger partial charge in [0, 0.05) is 6.42 Å². The van der Waals surface area contributed by atoms with Crippen molar-refractivity contribution >= 4 is 11.9 Å². The number of esters is 1. The van der Waals surface area contributed by atoms with E-state index in [1.165, 1.54) is 64.2 Å². The van der Waals surface area contributed by atoms with Gasteiger partial charge in [-0.2, -0.15) is 0 Å². The molecule has 1 rings (SSSR count). The van der Waals surface area contributed by atoms with E-state index >= 15 is 0 Å². The summed E-state index contributed by atoms with van der Waals surface area (Å²) in [6, 6.07) is 0. The maximum Gasteiger partial charge on any atom is 0.309 e. The molecule has 1 aliphatic rings. The number of carbonyl (C=O) groups excluding carboxylic acids is 1. The molecule has 2 unspecified atom stereocenters. The Kier molecular flexibility index (Phi) is 13.3. The van der Waals surface area contributed by atoms with Gasteiger partial charge in [0.05, 0.1) is 5.92 Å². The van der Waals surface area contributed by atoms with Crippen molar-refractivity contribution in [3.05, 3.63) is 0 Å². The molecule has 0 heterocycles. The lowest BCUT2D eigenvalue weighted by Gasteiger charge is -2.21. The topological polar surface area (TPSA) is 63.6 Å². The maximum atomic E-state index is 12.1. The molecule has 1 N–H and O–H groups in total. The second-order valence-electron chi connectivity index (χ2n) is 8.46. The van der Waals surface area contributed by atoms with E-state index in [0.29, 0.717) is 12.8 Å². The first-order valence-electron chi connectivity index (χ1n) is 11.5. The molecule has 0 spiro atoms. The molecule has 27 heavy (non-hydrogen) atoms. The lowest BCUT2D eigenvalue weighted by molar-refractivity contribution is -0.158. The quantitative estimate of drug-likeness (QED) is 0.217. The lowest BCUT2D eigenvalue weighted by Crippen LogP contribution is -2.30. The molecule has 2 atom stereocenters. The van der Waals surface area contributed by atoms with Gasteiger partial charge in [-0.25, -0.2) is 0 Å². The Morgan fingerprint density at radius 2 is 1.52 bits per heavy atom. The summed E-state index contributed by atoms with van der Waals surface area (Å²) in [5.74, 6) is -0.834. The fourth-order valence-corrected chi connectivity index (χ4v) is 3.56. The summed E-state index contributed by atoms with van der Waals surface area (Å²) in [5, 5.41) is 9.30. The van der Waals surface area contributed by atoms with Gasteiger partial charge in [-0.05, 0) is 32.1 Å². The Morgan fingerprint density at radius 1 is 0.926 bits per heavy atom. The standard InChI is InChI=1S/C23H42O4/c1-3-4-5-6-7-8-9-10-11-15-21(19(2)23(25)26)27-22(24)16-13-12-14-20-17-18-20/h19-21H,3-18H2,1-2H3,(H,25,26). The normalized spacial score (nSPS) is 16.1. The number of aliphatic carboxylic acids is 1. The van der Waals surface area contributed by atoms with Gasteiger partial charge >= 0.3 is 11.9 Å². The minimum atomic E-state index is -0.877. The number of unbranched alkanes of at least 4 members (excludes halogenated alkanes) is 9. The summed E-state index contributed by atoms with van der Waals surface area (Å²) in [4.78, 5) is 23.4. The third-order valence-corrected chi connectivity index (χ3v) is 5.76. The fourth-order valence-electron chi connectivity index (χ4n) is 3.56. The van der Waals surface area contributed by atoms with Crippen LogP contribution in [0.25, 0.3) is 0 Å². The van der Waals surface area contributed by atoms with E-state index in [4.69, 9.17) is 4.74 Å². The molecule has 1 fully saturated rings. The minimum absolute atomic E-state index is 0.222. The highest BCUT2D eigenvalue weighted by Crippen LogP contribution is 2.34. The Hall–Kier alpha value is -1.06. The Balaban J connectivity index is 2.15. The second-order valence-corrected chi connectivity index (χ2v) is 8.46. The van der Waals surface area contributed by atoms with Gasteiger partial charge in [0.1, 0.15) is 6.10 Å². The number of carboxylic acids is 1. The van der Waals surface area contributed by atoms with Crippen LogP contribution in [0.1, 0.15) is 117 Å². The van der Waals surface area contributed by atoms with Gasteiger partial charge in [0.25, 0.3) is 0 Å². The highest BCUT2D eigenvalue weighted by Gasteiger charge is 2.27. The van der Waals surface area contributed by atoms with Gasteiger partial charge in [-0.1, -0.05) is 84.0 Å². The van der Waals surface area contributed by atoms with E-state index in [9.17, 15) is 14.7 Å². The van der Waals surface area contributed by atoms with Crippen LogP contribution < -0.4 is 0 Å². The van der Waals surface area contributed by atoms with Crippen molar-refractivity contribution in [3.63, 3.8) is 0 Å². The van der Waals surface area contributed by atoms with E-state index in [-0.39, 0.29) is 5.97 Å². The average Bonchev–Trinajstić information content (AvgIpc) is 3.46. The SMILES string of the molecule is CCCCCCCCCCCC(OC(=O)CCCCC1CC1)C(C)C(=O)O. The van der Waals surface area contributed by atoms with E-state index in [1.54, 1.807) is 6.92 Å². The van der Waals surface area contributed by atoms with Crippen LogP contribution in [0.5, 0.6) is 0 Å². The number of hydrogen-bond acceptors (Lipinski definition) is 3. The molecule has 158 valence electrons. The fraction of sp³-hybridized carbons (Fsp3) is 0.913. The summed E-state index contributed by atoms with van der Waals surface area (Å²) in [6.07, 6.45) is 17.5. The first-order chi connectivity index (χ1) is 13.0. The number of rotatable bonds is 18. The van der Waals surface area contributed by atoms with Crippen LogP contribution in [-0.2, 0) is 14.3 Å². The summed E-state index contributed by atoms with van der Waals surface area (Å²) in [7, 11) is 0. The third kappa shape index (κ3) is 12.9. The van der Waals surface area contributed by atoms with Crippen LogP contribution in [0, 0.1) is 11.8 Å². The van der Waals surface area contributed by atoms with Crippen molar-refractivity contribution in [3.8, 4) is 0 Å². The van der Waals surface area contributed by atoms with Gasteiger partial charge in [0.15, 0.2) is 0 Å². The predicted octanol–water partition coefficient (Wildman–Crippen LogP) is 6.51. The molecule has 4 heteroatoms. The molecular formula is C23H42O4. The van der Waals surface area contributed by atoms with E-state index in [1.807, 2.05) is 0 Å². The highest BCUT2D eigenvalue weighted by atomic mass is 16.5. The van der Waals surface area contributed by atoms with Gasteiger partial charge < -0.3 is 9.84 Å². The van der Waals surface area contributed by atoms with Crippen LogP contribution >= 0.6 is 0 Å². The minimum Gasteiger partial charge on any atom is -0.481 e. The number of carboxylic acid groups (broad SMARTS) is 1. The van der Waals surface area contributed by atoms with Crippen molar-refractivity contribution in [2.45, 2.75) is 123 Å². The molecule has 4 nitrogen and oxygen atoms in total. The molecule has 0 bridgehead atoms. The van der Waals surface area contributed by atoms with E-state index < -0.39 is 18.0 Å². The molecule has 1 saturated carbocycles. The molecule has 0 saturated heterocycles. The Labute approximate surface area is 166 Å². The highest BCUT2D eigenvalue weighted by molar-refractivity contribution is 5.72. The molecular weight excluding hydrogens is 340 g/mol. The van der Waals surface area contributed by atoms with Crippen LogP contribution in [0.15, 0.2) is 0 Å². The van der Waals surface area contributed by atoms with Crippen LogP contribution in [0.2, 0.25) is 0 Å². The molecule has 0 aromatic rings. The summed E-state index contributed by atoms with van der Waals surface area (Å²) in [5.41, 5.74) is 0. The van der Waals surface area contributed by atoms with Crippen LogP contribution in [-0.4, -0.2) is 23.1 Å². The van der Waals surface area contributed by atoms with Gasteiger partial charge in [-0.3, -0.25) is 9.59 Å². The van der Waals surface area contributed by atoms with Crippen molar-refractivity contribution in [2.75, 3.05) is 0 Å². The van der Waals surface area contributed by atoms with Crippen molar-refractivity contribution in [1.29, 1.82) is 0 Å². The van der Waals surface area contributed by atoms with Crippen molar-refractivity contribution in [1.82, 2.24) is 0 Å². The average molecular weight is 383 g/mol. The summed E-state index contributed by atoms with van der Waals surface area (Å²) in [6.45, 7) is 3.89. The number of hydrogen-bond donors (Lipinski definition) is 1. The monoisotopic (exact) mass is 382 g/mol. The number of ether oxygens (including phenoxy) is 1. The van der Waals surface area contributed by atoms with Gasteiger partial charge in [0.2, 0.25) is 0 Å². The Bertz CT molecular complexity index is 403. The van der Waals surface area contributed by atoms with E-state index in [0.717, 1.165) is 31.6 Å². The van der Waals surface area contributed by atoms with Crippen LogP contribution in [0.3, 0.4) is 0 Å². The van der Waals surface area contributed by atoms with Gasteiger partial charge in [-0.15, -0.1) is 0 Å². The molecule has 0 amide bonds. The second kappa shape index (κ2) is 14.9. The zero-order chi connectivity index (χ0) is 19.9. The summed E-state index contributed by atoms with van der Waals surface area (Å²) >= 11 is 0. The van der Waals surface area contributed by atoms with Crippen molar-refractivity contribution in [2.24, 2.45) is 11.8 Å². The number of carbonyl (C=O) groups is 2. The zero-order valence-corrected chi connectivity index (χ0v) is 17.7. The van der Waals surface area contributed by atoms with Crippen molar-refractivity contribution < 1.29 is 19.4 Å². The van der Waals surface area contributed by atoms with E-state index in [2.05, 4.69) is 6.92 Å². The third-order valence-electron chi connectivity index (χ3n) is 5.76.